The SMILES string of the molecule is COc1cccc2c1C1(CCN(C(=O)c3cc(-n4cnnn4)n[nH]3)CC1)OCC2. The van der Waals surface area contributed by atoms with E-state index >= 15 is 0 Å². The highest BCUT2D eigenvalue weighted by atomic mass is 16.5. The van der Waals surface area contributed by atoms with Crippen LogP contribution in [0.3, 0.4) is 0 Å². The minimum absolute atomic E-state index is 0.0947. The van der Waals surface area contributed by atoms with Crippen LogP contribution in [0.2, 0.25) is 0 Å². The van der Waals surface area contributed by atoms with Crippen molar-refractivity contribution in [1.82, 2.24) is 35.3 Å². The highest BCUT2D eigenvalue weighted by Crippen LogP contribution is 2.45. The molecule has 10 nitrogen and oxygen atoms in total. The van der Waals surface area contributed by atoms with Gasteiger partial charge in [0.1, 0.15) is 23.4 Å². The van der Waals surface area contributed by atoms with Gasteiger partial charge in [-0.15, -0.1) is 5.10 Å². The number of methoxy groups -OCH3 is 1. The van der Waals surface area contributed by atoms with E-state index in [4.69, 9.17) is 9.47 Å². The third-order valence-corrected chi connectivity index (χ3v) is 5.77. The standard InChI is InChI=1S/C19H21N7O3/c1-28-15-4-2-3-13-5-10-29-19(17(13)15)6-8-25(9-7-19)18(27)14-11-16(22-21-14)26-12-20-23-24-26/h2-4,11-12H,5-10H2,1H3,(H,21,22). The molecule has 0 aliphatic carbocycles. The highest BCUT2D eigenvalue weighted by molar-refractivity contribution is 5.92. The minimum Gasteiger partial charge on any atom is -0.496 e. The summed E-state index contributed by atoms with van der Waals surface area (Å²) in [6.45, 7) is 1.87. The minimum atomic E-state index is -0.400. The van der Waals surface area contributed by atoms with E-state index in [1.807, 2.05) is 17.0 Å². The number of fused-ring (bicyclic) bond motifs is 2. The zero-order valence-electron chi connectivity index (χ0n) is 16.0. The number of amides is 1. The van der Waals surface area contributed by atoms with Gasteiger partial charge in [-0.3, -0.25) is 9.89 Å². The number of hydrogen-bond acceptors (Lipinski definition) is 7. The van der Waals surface area contributed by atoms with Gasteiger partial charge in [0.15, 0.2) is 5.82 Å². The number of likely N-dealkylation sites (tertiary alicyclic amines) is 1. The molecule has 0 bridgehead atoms. The van der Waals surface area contributed by atoms with Crippen molar-refractivity contribution in [2.75, 3.05) is 26.8 Å². The van der Waals surface area contributed by atoms with Crippen molar-refractivity contribution in [2.45, 2.75) is 24.9 Å². The van der Waals surface area contributed by atoms with Crippen LogP contribution in [-0.2, 0) is 16.8 Å². The van der Waals surface area contributed by atoms with Crippen molar-refractivity contribution in [3.63, 3.8) is 0 Å². The topological polar surface area (TPSA) is 111 Å². The first-order valence-corrected chi connectivity index (χ1v) is 9.58. The van der Waals surface area contributed by atoms with Gasteiger partial charge < -0.3 is 14.4 Å². The molecule has 150 valence electrons. The summed E-state index contributed by atoms with van der Waals surface area (Å²) in [6.07, 6.45) is 3.76. The second kappa shape index (κ2) is 6.96. The first kappa shape index (κ1) is 17.8. The number of nitrogens with one attached hydrogen (secondary N) is 1. The predicted octanol–water partition coefficient (Wildman–Crippen LogP) is 1.10. The molecule has 29 heavy (non-hydrogen) atoms. The van der Waals surface area contributed by atoms with Gasteiger partial charge in [0.2, 0.25) is 0 Å². The van der Waals surface area contributed by atoms with Gasteiger partial charge in [0.25, 0.3) is 5.91 Å². The predicted molar refractivity (Wildman–Crippen MR) is 101 cm³/mol. The van der Waals surface area contributed by atoms with Crippen molar-refractivity contribution in [3.8, 4) is 11.6 Å². The van der Waals surface area contributed by atoms with E-state index in [0.29, 0.717) is 31.2 Å². The molecule has 2 aliphatic rings. The Morgan fingerprint density at radius 2 is 2.17 bits per heavy atom. The van der Waals surface area contributed by atoms with E-state index in [-0.39, 0.29) is 5.91 Å². The first-order chi connectivity index (χ1) is 14.2. The summed E-state index contributed by atoms with van der Waals surface area (Å²) in [5.41, 5.74) is 2.43. The number of rotatable bonds is 3. The van der Waals surface area contributed by atoms with Crippen molar-refractivity contribution < 1.29 is 14.3 Å². The quantitative estimate of drug-likeness (QED) is 0.707. The molecule has 0 atom stereocenters. The van der Waals surface area contributed by atoms with Gasteiger partial charge in [-0.1, -0.05) is 12.1 Å². The van der Waals surface area contributed by atoms with Crippen LogP contribution in [0.1, 0.15) is 34.5 Å². The number of tetrazole rings is 1. The zero-order valence-corrected chi connectivity index (χ0v) is 16.0. The number of nitrogens with zero attached hydrogens (tertiary/aromatic N) is 6. The van der Waals surface area contributed by atoms with Crippen LogP contribution in [-0.4, -0.2) is 68.0 Å². The first-order valence-electron chi connectivity index (χ1n) is 9.58. The molecule has 0 unspecified atom stereocenters. The fraction of sp³-hybridized carbons (Fsp3) is 0.421. The number of carbonyl (C=O) groups is 1. The van der Waals surface area contributed by atoms with Crippen LogP contribution in [0.15, 0.2) is 30.6 Å². The lowest BCUT2D eigenvalue weighted by molar-refractivity contribution is -0.0947. The summed E-state index contributed by atoms with van der Waals surface area (Å²) in [5.74, 6) is 1.24. The summed E-state index contributed by atoms with van der Waals surface area (Å²) < 4.78 is 13.3. The van der Waals surface area contributed by atoms with Crippen LogP contribution < -0.4 is 4.74 Å². The molecule has 2 aromatic heterocycles. The fourth-order valence-electron chi connectivity index (χ4n) is 4.34. The maximum absolute atomic E-state index is 13.0. The van der Waals surface area contributed by atoms with Gasteiger partial charge in [-0.05, 0) is 41.3 Å². The van der Waals surface area contributed by atoms with Crippen molar-refractivity contribution in [3.05, 3.63) is 47.4 Å². The van der Waals surface area contributed by atoms with E-state index in [1.165, 1.54) is 16.6 Å². The van der Waals surface area contributed by atoms with E-state index in [1.54, 1.807) is 13.2 Å². The Bertz CT molecular complexity index is 1010. The number of carbonyl (C=O) groups excluding carboxylic acids is 1. The Labute approximate surface area is 166 Å². The molecule has 1 amide bonds. The fourth-order valence-corrected chi connectivity index (χ4v) is 4.34. The second-order valence-electron chi connectivity index (χ2n) is 7.27. The Balaban J connectivity index is 1.35. The lowest BCUT2D eigenvalue weighted by Crippen LogP contribution is -2.48. The van der Waals surface area contributed by atoms with E-state index < -0.39 is 5.60 Å². The zero-order chi connectivity index (χ0) is 19.8. The number of H-pyrrole nitrogens is 1. The van der Waals surface area contributed by atoms with Crippen LogP contribution in [0.4, 0.5) is 0 Å². The van der Waals surface area contributed by atoms with Crippen molar-refractivity contribution in [1.29, 1.82) is 0 Å². The molecule has 5 rings (SSSR count). The summed E-state index contributed by atoms with van der Waals surface area (Å²) in [7, 11) is 1.69. The van der Waals surface area contributed by atoms with Gasteiger partial charge >= 0.3 is 0 Å². The number of aromatic amines is 1. The molecule has 3 aromatic rings. The molecular weight excluding hydrogens is 374 g/mol. The number of piperidine rings is 1. The summed E-state index contributed by atoms with van der Waals surface area (Å²) in [5, 5.41) is 17.9. The monoisotopic (exact) mass is 395 g/mol. The number of benzene rings is 1. The Morgan fingerprint density at radius 1 is 1.31 bits per heavy atom. The smallest absolute Gasteiger partial charge is 0.271 e. The van der Waals surface area contributed by atoms with Crippen LogP contribution in [0, 0.1) is 0 Å². The average molecular weight is 395 g/mol. The number of hydrogen-bond donors (Lipinski definition) is 1. The van der Waals surface area contributed by atoms with Crippen LogP contribution in [0.25, 0.3) is 5.82 Å². The van der Waals surface area contributed by atoms with Gasteiger partial charge in [0, 0.05) is 24.7 Å². The van der Waals surface area contributed by atoms with Crippen molar-refractivity contribution in [2.24, 2.45) is 0 Å². The molecule has 0 radical (unpaired) electrons. The molecule has 1 saturated heterocycles. The maximum Gasteiger partial charge on any atom is 0.271 e. The Morgan fingerprint density at radius 3 is 2.93 bits per heavy atom. The lowest BCUT2D eigenvalue weighted by Gasteiger charge is -2.45. The summed E-state index contributed by atoms with van der Waals surface area (Å²) >= 11 is 0. The van der Waals surface area contributed by atoms with Gasteiger partial charge in [0.05, 0.1) is 13.7 Å². The summed E-state index contributed by atoms with van der Waals surface area (Å²) in [4.78, 5) is 14.8. The normalized spacial score (nSPS) is 17.9. The molecule has 4 heterocycles. The third-order valence-electron chi connectivity index (χ3n) is 5.77. The van der Waals surface area contributed by atoms with Crippen molar-refractivity contribution >= 4 is 5.91 Å². The Kier molecular flexibility index (Phi) is 4.27. The number of ether oxygens (including phenoxy) is 2. The second-order valence-corrected chi connectivity index (χ2v) is 7.27. The van der Waals surface area contributed by atoms with E-state index in [2.05, 4.69) is 31.8 Å². The molecule has 10 heteroatoms. The van der Waals surface area contributed by atoms with E-state index in [9.17, 15) is 4.79 Å². The molecule has 1 N–H and O–H groups in total. The largest absolute Gasteiger partial charge is 0.496 e. The molecular formula is C19H21N7O3. The van der Waals surface area contributed by atoms with E-state index in [0.717, 1.165) is 30.6 Å². The molecule has 2 aliphatic heterocycles. The van der Waals surface area contributed by atoms with Crippen LogP contribution >= 0.6 is 0 Å². The summed E-state index contributed by atoms with van der Waals surface area (Å²) in [6, 6.07) is 7.80. The lowest BCUT2D eigenvalue weighted by atomic mass is 9.78. The Hall–Kier alpha value is -3.27. The number of aromatic nitrogens is 6. The highest BCUT2D eigenvalue weighted by Gasteiger charge is 2.43. The van der Waals surface area contributed by atoms with Gasteiger partial charge in [-0.2, -0.15) is 9.78 Å². The van der Waals surface area contributed by atoms with Gasteiger partial charge in [-0.25, -0.2) is 0 Å². The third kappa shape index (κ3) is 2.96. The molecule has 1 fully saturated rings. The molecule has 1 spiro atoms. The molecule has 0 saturated carbocycles. The molecule has 1 aromatic carbocycles. The maximum atomic E-state index is 13.0. The average Bonchev–Trinajstić information content (AvgIpc) is 3.45. The van der Waals surface area contributed by atoms with Crippen LogP contribution in [0.5, 0.6) is 5.75 Å².